The van der Waals surface area contributed by atoms with E-state index < -0.39 is 49.2 Å². The Labute approximate surface area is 364 Å². The molecular formula is C40H53ClF6N6O10. The number of aromatic hydroxyl groups is 1. The van der Waals surface area contributed by atoms with Crippen LogP contribution in [0.15, 0.2) is 48.5 Å². The second-order valence-corrected chi connectivity index (χ2v) is 13.7. The Kier molecular flexibility index (Phi) is 23.8. The summed E-state index contributed by atoms with van der Waals surface area (Å²) in [5, 5.41) is 33.8. The van der Waals surface area contributed by atoms with E-state index in [1.54, 1.807) is 6.07 Å². The van der Waals surface area contributed by atoms with Crippen LogP contribution in [0, 0.1) is 0 Å². The number of likely N-dealkylation sites (N-methyl/N-ethyl adjacent to an activating group) is 1. The number of carboxylic acids is 2. The number of carbonyl (C=O) groups excluding carboxylic acids is 2. The van der Waals surface area contributed by atoms with Gasteiger partial charge in [0.15, 0.2) is 13.2 Å². The minimum atomic E-state index is -4.63. The Balaban J connectivity index is 0.000000490. The standard InChI is InChI=1S/C17H20F6N2O3.C14H22ClN3O2.C7H7NO3.C2H4O2/c18-16(19,20)9-27-12-4-5-14(28-10-17(21,22)23)13(7-12)15(26)25-8-11-3-1-2-6-24-11;1-4-18(5-2)7-6-17-14(19)10-8-11(15)12(16)9-13(10)20-3;8-4-1-2-6(9)5(3-4)7(10)11;1-2(3)4/h4-5,7,11,24H,1-3,6,8-10H2,(H,25,26);8-9H,4-7,16H2,1-3H3,(H,17,19);1-3,9H,8H2,(H,10,11);1H3,(H,3,4). The van der Waals surface area contributed by atoms with Gasteiger partial charge in [-0.1, -0.05) is 31.9 Å². The molecule has 1 atom stereocenters. The topological polar surface area (TPSA) is 248 Å². The number of amides is 2. The first-order chi connectivity index (χ1) is 29.4. The van der Waals surface area contributed by atoms with Gasteiger partial charge in [0.25, 0.3) is 17.8 Å². The number of hydrogen-bond acceptors (Lipinski definition) is 12. The fourth-order valence-corrected chi connectivity index (χ4v) is 5.40. The smallest absolute Gasteiger partial charge is 0.422 e. The number of benzene rings is 3. The van der Waals surface area contributed by atoms with Gasteiger partial charge in [-0.2, -0.15) is 26.3 Å². The molecule has 1 saturated heterocycles. The van der Waals surface area contributed by atoms with Gasteiger partial charge in [-0.3, -0.25) is 14.4 Å². The lowest BCUT2D eigenvalue weighted by Crippen LogP contribution is -2.43. The highest BCUT2D eigenvalue weighted by Crippen LogP contribution is 2.30. The van der Waals surface area contributed by atoms with E-state index in [1.165, 1.54) is 31.4 Å². The van der Waals surface area contributed by atoms with Crippen molar-refractivity contribution in [2.75, 3.05) is 71.1 Å². The largest absolute Gasteiger partial charge is 0.507 e. The Morgan fingerprint density at radius 2 is 1.43 bits per heavy atom. The Hall–Kier alpha value is -5.87. The number of carbonyl (C=O) groups is 4. The van der Waals surface area contributed by atoms with Gasteiger partial charge in [0.05, 0.1) is 28.9 Å². The number of halogens is 7. The number of hydrogen-bond donors (Lipinski definition) is 8. The molecule has 63 heavy (non-hydrogen) atoms. The van der Waals surface area contributed by atoms with Crippen LogP contribution in [0.1, 0.15) is 71.1 Å². The molecule has 10 N–H and O–H groups in total. The van der Waals surface area contributed by atoms with Crippen molar-refractivity contribution >= 4 is 46.7 Å². The summed E-state index contributed by atoms with van der Waals surface area (Å²) >= 11 is 5.95. The first kappa shape index (κ1) is 55.1. The van der Waals surface area contributed by atoms with Gasteiger partial charge in [0.1, 0.15) is 28.6 Å². The van der Waals surface area contributed by atoms with Crippen LogP contribution in [0.5, 0.6) is 23.0 Å². The number of nitrogen functional groups attached to an aromatic ring is 2. The number of aromatic carboxylic acids is 1. The predicted molar refractivity (Wildman–Crippen MR) is 223 cm³/mol. The summed E-state index contributed by atoms with van der Waals surface area (Å²) in [6.07, 6.45) is -6.41. The maximum absolute atomic E-state index is 12.4. The first-order valence-electron chi connectivity index (χ1n) is 19.1. The van der Waals surface area contributed by atoms with Crippen molar-refractivity contribution in [3.05, 3.63) is 70.2 Å². The zero-order valence-corrected chi connectivity index (χ0v) is 35.7. The minimum absolute atomic E-state index is 0.0157. The minimum Gasteiger partial charge on any atom is -0.507 e. The molecule has 4 rings (SSSR count). The number of aliphatic carboxylic acids is 1. The van der Waals surface area contributed by atoms with Crippen LogP contribution in [0.4, 0.5) is 37.7 Å². The number of carboxylic acid groups (broad SMARTS) is 2. The number of methoxy groups -OCH3 is 1. The lowest BCUT2D eigenvalue weighted by atomic mass is 10.0. The quantitative estimate of drug-likeness (QED) is 0.0480. The number of nitrogens with two attached hydrogens (primary N) is 2. The van der Waals surface area contributed by atoms with Crippen LogP contribution in [-0.4, -0.2) is 122 Å². The molecule has 1 aliphatic heterocycles. The van der Waals surface area contributed by atoms with E-state index in [2.05, 4.69) is 44.2 Å². The summed E-state index contributed by atoms with van der Waals surface area (Å²) < 4.78 is 88.5. The van der Waals surface area contributed by atoms with E-state index in [0.29, 0.717) is 34.3 Å². The molecule has 0 aromatic heterocycles. The summed E-state index contributed by atoms with van der Waals surface area (Å²) in [5.41, 5.74) is 11.6. The third-order valence-electron chi connectivity index (χ3n) is 8.33. The number of anilines is 2. The fourth-order valence-electron chi connectivity index (χ4n) is 5.24. The lowest BCUT2D eigenvalue weighted by Gasteiger charge is -2.24. The molecule has 2 amide bonds. The summed E-state index contributed by atoms with van der Waals surface area (Å²) in [5.74, 6) is -3.55. The predicted octanol–water partition coefficient (Wildman–Crippen LogP) is 6.21. The summed E-state index contributed by atoms with van der Waals surface area (Å²) in [6, 6.07) is 9.91. The number of alkyl halides is 6. The van der Waals surface area contributed by atoms with Gasteiger partial charge in [0.2, 0.25) is 0 Å². The zero-order chi connectivity index (χ0) is 47.9. The third kappa shape index (κ3) is 22.7. The summed E-state index contributed by atoms with van der Waals surface area (Å²) in [7, 11) is 1.50. The molecule has 1 fully saturated rings. The van der Waals surface area contributed by atoms with Crippen molar-refractivity contribution in [1.82, 2.24) is 20.9 Å². The van der Waals surface area contributed by atoms with Gasteiger partial charge < -0.3 is 61.8 Å². The molecule has 352 valence electrons. The van der Waals surface area contributed by atoms with Crippen molar-refractivity contribution in [1.29, 1.82) is 0 Å². The Bertz CT molecular complexity index is 1930. The number of phenols is 1. The lowest BCUT2D eigenvalue weighted by molar-refractivity contribution is -0.154. The second kappa shape index (κ2) is 27.2. The van der Waals surface area contributed by atoms with Gasteiger partial charge in [-0.15, -0.1) is 0 Å². The average Bonchev–Trinajstić information content (AvgIpc) is 3.21. The van der Waals surface area contributed by atoms with Crippen molar-refractivity contribution in [3.8, 4) is 23.0 Å². The molecule has 0 radical (unpaired) electrons. The molecule has 1 aliphatic rings. The normalized spacial score (nSPS) is 13.4. The average molecular weight is 927 g/mol. The maximum atomic E-state index is 12.4. The van der Waals surface area contributed by atoms with Crippen LogP contribution in [-0.2, 0) is 4.79 Å². The number of ether oxygens (including phenoxy) is 3. The van der Waals surface area contributed by atoms with Gasteiger partial charge >= 0.3 is 18.3 Å². The van der Waals surface area contributed by atoms with Gasteiger partial charge in [0, 0.05) is 44.4 Å². The monoisotopic (exact) mass is 926 g/mol. The first-order valence-corrected chi connectivity index (χ1v) is 19.5. The number of rotatable bonds is 15. The molecule has 1 heterocycles. The van der Waals surface area contributed by atoms with Crippen molar-refractivity contribution < 1.29 is 75.1 Å². The Morgan fingerprint density at radius 1 is 0.841 bits per heavy atom. The molecule has 0 saturated carbocycles. The van der Waals surface area contributed by atoms with Crippen molar-refractivity contribution in [2.24, 2.45) is 0 Å². The van der Waals surface area contributed by atoms with Crippen LogP contribution < -0.4 is 41.6 Å². The maximum Gasteiger partial charge on any atom is 0.422 e. The van der Waals surface area contributed by atoms with Crippen LogP contribution in [0.3, 0.4) is 0 Å². The van der Waals surface area contributed by atoms with Crippen molar-refractivity contribution in [3.63, 3.8) is 0 Å². The van der Waals surface area contributed by atoms with E-state index in [-0.39, 0.29) is 41.1 Å². The van der Waals surface area contributed by atoms with Gasteiger partial charge in [-0.25, -0.2) is 4.79 Å². The van der Waals surface area contributed by atoms with E-state index >= 15 is 0 Å². The van der Waals surface area contributed by atoms with E-state index in [4.69, 9.17) is 47.9 Å². The summed E-state index contributed by atoms with van der Waals surface area (Å²) in [6.45, 7) is 6.36. The zero-order valence-electron chi connectivity index (χ0n) is 34.9. The SMILES string of the molecule is CC(=O)O.CCN(CC)CCNC(=O)c1cc(Cl)c(N)cc1OC.Nc1ccc(O)c(C(=O)O)c1.O=C(NCC1CCCCN1)c1cc(OCC(F)(F)F)ccc1OCC(F)(F)F. The molecule has 3 aromatic carbocycles. The van der Waals surface area contributed by atoms with E-state index in [9.17, 15) is 40.7 Å². The highest BCUT2D eigenvalue weighted by Gasteiger charge is 2.31. The molecular weight excluding hydrogens is 874 g/mol. The molecule has 16 nitrogen and oxygen atoms in total. The summed E-state index contributed by atoms with van der Waals surface area (Å²) in [4.78, 5) is 46.1. The fraction of sp³-hybridized carbons (Fsp3) is 0.450. The van der Waals surface area contributed by atoms with E-state index in [1.807, 2.05) is 0 Å². The molecule has 0 bridgehead atoms. The van der Waals surface area contributed by atoms with Crippen LogP contribution >= 0.6 is 11.6 Å². The van der Waals surface area contributed by atoms with Crippen molar-refractivity contribution in [2.45, 2.75) is 58.4 Å². The number of nitrogens with zero attached hydrogens (tertiary/aromatic N) is 1. The molecule has 0 spiro atoms. The van der Waals surface area contributed by atoms with E-state index in [0.717, 1.165) is 70.6 Å². The van der Waals surface area contributed by atoms with Crippen LogP contribution in [0.25, 0.3) is 0 Å². The second-order valence-electron chi connectivity index (χ2n) is 13.3. The highest BCUT2D eigenvalue weighted by atomic mass is 35.5. The molecule has 3 aromatic rings. The molecule has 0 aliphatic carbocycles. The number of piperidine rings is 1. The molecule has 1 unspecified atom stereocenters. The highest BCUT2D eigenvalue weighted by molar-refractivity contribution is 6.33. The Morgan fingerprint density at radius 3 is 1.95 bits per heavy atom. The molecule has 23 heteroatoms. The number of nitrogens with one attached hydrogen (secondary N) is 3. The van der Waals surface area contributed by atoms with Crippen LogP contribution in [0.2, 0.25) is 5.02 Å². The third-order valence-corrected chi connectivity index (χ3v) is 8.66. The van der Waals surface area contributed by atoms with Gasteiger partial charge in [-0.05, 0) is 74.9 Å².